The van der Waals surface area contributed by atoms with Gasteiger partial charge in [-0.2, -0.15) is 0 Å². The van der Waals surface area contributed by atoms with Crippen molar-refractivity contribution >= 4 is 16.8 Å². The van der Waals surface area contributed by atoms with E-state index < -0.39 is 6.04 Å². The van der Waals surface area contributed by atoms with Crippen molar-refractivity contribution in [2.75, 3.05) is 26.3 Å². The average Bonchev–Trinajstić information content (AvgIpc) is 2.58. The summed E-state index contributed by atoms with van der Waals surface area (Å²) in [5.41, 5.74) is 0.483. The Morgan fingerprint density at radius 1 is 1.32 bits per heavy atom. The van der Waals surface area contributed by atoms with Crippen molar-refractivity contribution in [1.82, 2.24) is 14.5 Å². The highest BCUT2D eigenvalue weighted by atomic mass is 16.5. The van der Waals surface area contributed by atoms with Gasteiger partial charge in [-0.3, -0.25) is 14.2 Å². The minimum atomic E-state index is -0.511. The van der Waals surface area contributed by atoms with Gasteiger partial charge in [0, 0.05) is 13.1 Å². The quantitative estimate of drug-likeness (QED) is 0.854. The number of hydrogen-bond donors (Lipinski definition) is 0. The van der Waals surface area contributed by atoms with E-state index in [2.05, 4.69) is 4.98 Å². The number of nitrogens with zero attached hydrogens (tertiary/aromatic N) is 3. The molecule has 1 aliphatic heterocycles. The molecule has 0 radical (unpaired) electrons. The van der Waals surface area contributed by atoms with Crippen molar-refractivity contribution < 1.29 is 9.53 Å². The molecule has 2 aromatic rings. The molecule has 116 valence electrons. The molecular weight excluding hydrogens is 282 g/mol. The predicted octanol–water partition coefficient (Wildman–Crippen LogP) is 1.21. The predicted molar refractivity (Wildman–Crippen MR) is 82.7 cm³/mol. The van der Waals surface area contributed by atoms with E-state index in [1.807, 2.05) is 13.0 Å². The highest BCUT2D eigenvalue weighted by Gasteiger charge is 2.27. The topological polar surface area (TPSA) is 64.4 Å². The number of hydrogen-bond acceptors (Lipinski definition) is 4. The third-order valence-corrected chi connectivity index (χ3v) is 4.02. The molecule has 2 heterocycles. The zero-order valence-corrected chi connectivity index (χ0v) is 12.6. The molecular formula is C16H19N3O3. The van der Waals surface area contributed by atoms with Crippen LogP contribution in [0.25, 0.3) is 10.9 Å². The highest BCUT2D eigenvalue weighted by molar-refractivity contribution is 5.82. The van der Waals surface area contributed by atoms with E-state index in [4.69, 9.17) is 4.74 Å². The van der Waals surface area contributed by atoms with Crippen LogP contribution in [0.3, 0.4) is 0 Å². The van der Waals surface area contributed by atoms with Crippen molar-refractivity contribution in [2.24, 2.45) is 0 Å². The van der Waals surface area contributed by atoms with Crippen LogP contribution in [0.15, 0.2) is 35.4 Å². The number of carbonyl (C=O) groups excluding carboxylic acids is 1. The number of amides is 1. The molecule has 1 saturated heterocycles. The molecule has 1 aromatic heterocycles. The van der Waals surface area contributed by atoms with Gasteiger partial charge >= 0.3 is 0 Å². The lowest BCUT2D eigenvalue weighted by Gasteiger charge is -2.30. The van der Waals surface area contributed by atoms with Crippen LogP contribution in [0.2, 0.25) is 0 Å². The van der Waals surface area contributed by atoms with Gasteiger partial charge in [-0.05, 0) is 18.6 Å². The molecule has 3 rings (SSSR count). The van der Waals surface area contributed by atoms with Gasteiger partial charge in [-0.1, -0.05) is 19.1 Å². The first kappa shape index (κ1) is 14.7. The summed E-state index contributed by atoms with van der Waals surface area (Å²) in [5.74, 6) is -0.0371. The van der Waals surface area contributed by atoms with Gasteiger partial charge in [0.05, 0.1) is 30.4 Å². The Kier molecular flexibility index (Phi) is 4.20. The lowest BCUT2D eigenvalue weighted by molar-refractivity contribution is -0.139. The summed E-state index contributed by atoms with van der Waals surface area (Å²) in [6.45, 7) is 4.15. The average molecular weight is 301 g/mol. The molecule has 1 unspecified atom stereocenters. The van der Waals surface area contributed by atoms with Crippen molar-refractivity contribution in [2.45, 2.75) is 19.4 Å². The maximum atomic E-state index is 12.7. The van der Waals surface area contributed by atoms with Gasteiger partial charge in [0.25, 0.3) is 5.56 Å². The fraction of sp³-hybridized carbons (Fsp3) is 0.438. The molecule has 1 aromatic carbocycles. The Balaban J connectivity index is 1.98. The molecule has 0 N–H and O–H groups in total. The van der Waals surface area contributed by atoms with Crippen LogP contribution in [0.4, 0.5) is 0 Å². The third kappa shape index (κ3) is 2.62. The number of morpholine rings is 1. The summed E-state index contributed by atoms with van der Waals surface area (Å²) in [5, 5.41) is 0.540. The van der Waals surface area contributed by atoms with Gasteiger partial charge in [-0.15, -0.1) is 0 Å². The van der Waals surface area contributed by atoms with E-state index in [0.29, 0.717) is 43.6 Å². The van der Waals surface area contributed by atoms with Gasteiger partial charge in [0.2, 0.25) is 5.91 Å². The molecule has 1 fully saturated rings. The first-order chi connectivity index (χ1) is 10.7. The van der Waals surface area contributed by atoms with E-state index in [1.54, 1.807) is 23.1 Å². The Hall–Kier alpha value is -2.21. The number of para-hydroxylation sites is 1. The normalized spacial score (nSPS) is 16.7. The number of carbonyl (C=O) groups is 1. The second-order valence-electron chi connectivity index (χ2n) is 5.34. The van der Waals surface area contributed by atoms with Crippen molar-refractivity contribution in [3.63, 3.8) is 0 Å². The fourth-order valence-electron chi connectivity index (χ4n) is 2.79. The summed E-state index contributed by atoms with van der Waals surface area (Å²) in [7, 11) is 0. The van der Waals surface area contributed by atoms with E-state index in [9.17, 15) is 9.59 Å². The second kappa shape index (κ2) is 6.27. The summed E-state index contributed by atoms with van der Waals surface area (Å²) >= 11 is 0. The first-order valence-electron chi connectivity index (χ1n) is 7.54. The van der Waals surface area contributed by atoms with Crippen molar-refractivity contribution in [1.29, 1.82) is 0 Å². The first-order valence-corrected chi connectivity index (χ1v) is 7.54. The standard InChI is InChI=1S/C16H19N3O3/c1-2-14(16(21)18-7-9-22-10-8-18)19-11-17-13-6-4-3-5-12(13)15(19)20/h3-6,11,14H,2,7-10H2,1H3. The monoisotopic (exact) mass is 301 g/mol. The largest absolute Gasteiger partial charge is 0.378 e. The van der Waals surface area contributed by atoms with Crippen molar-refractivity contribution in [3.8, 4) is 0 Å². The Morgan fingerprint density at radius 2 is 2.05 bits per heavy atom. The smallest absolute Gasteiger partial charge is 0.261 e. The van der Waals surface area contributed by atoms with Crippen LogP contribution in [-0.2, 0) is 9.53 Å². The minimum absolute atomic E-state index is 0.0371. The molecule has 22 heavy (non-hydrogen) atoms. The number of fused-ring (bicyclic) bond motifs is 1. The summed E-state index contributed by atoms with van der Waals surface area (Å²) in [6.07, 6.45) is 2.04. The Morgan fingerprint density at radius 3 is 2.77 bits per heavy atom. The molecule has 0 aliphatic carbocycles. The molecule has 1 aliphatic rings. The van der Waals surface area contributed by atoms with E-state index in [-0.39, 0.29) is 11.5 Å². The fourth-order valence-corrected chi connectivity index (χ4v) is 2.79. The minimum Gasteiger partial charge on any atom is -0.378 e. The Labute approximate surface area is 128 Å². The van der Waals surface area contributed by atoms with Crippen LogP contribution in [0, 0.1) is 0 Å². The van der Waals surface area contributed by atoms with Crippen molar-refractivity contribution in [3.05, 3.63) is 40.9 Å². The SMILES string of the molecule is CCC(C(=O)N1CCOCC1)n1cnc2ccccc2c1=O. The van der Waals surface area contributed by atoms with Crippen LogP contribution >= 0.6 is 0 Å². The van der Waals surface area contributed by atoms with Gasteiger partial charge in [-0.25, -0.2) is 4.98 Å². The zero-order valence-electron chi connectivity index (χ0n) is 12.6. The lowest BCUT2D eigenvalue weighted by Crippen LogP contribution is -2.45. The van der Waals surface area contributed by atoms with Crippen LogP contribution < -0.4 is 5.56 Å². The second-order valence-corrected chi connectivity index (χ2v) is 5.34. The van der Waals surface area contributed by atoms with Crippen LogP contribution in [0.1, 0.15) is 19.4 Å². The number of ether oxygens (including phenoxy) is 1. The third-order valence-electron chi connectivity index (χ3n) is 4.02. The molecule has 0 bridgehead atoms. The maximum absolute atomic E-state index is 12.7. The van der Waals surface area contributed by atoms with E-state index >= 15 is 0 Å². The molecule has 6 nitrogen and oxygen atoms in total. The molecule has 1 amide bonds. The highest BCUT2D eigenvalue weighted by Crippen LogP contribution is 2.15. The van der Waals surface area contributed by atoms with Gasteiger partial charge < -0.3 is 9.64 Å². The van der Waals surface area contributed by atoms with Crippen LogP contribution in [0.5, 0.6) is 0 Å². The molecule has 1 atom stereocenters. The Bertz CT molecular complexity index is 735. The molecule has 0 spiro atoms. The number of benzene rings is 1. The maximum Gasteiger partial charge on any atom is 0.261 e. The summed E-state index contributed by atoms with van der Waals surface area (Å²) < 4.78 is 6.73. The van der Waals surface area contributed by atoms with Crippen LogP contribution in [-0.4, -0.2) is 46.7 Å². The number of aromatic nitrogens is 2. The molecule has 6 heteroatoms. The van der Waals surface area contributed by atoms with E-state index in [1.165, 1.54) is 10.9 Å². The van der Waals surface area contributed by atoms with Gasteiger partial charge in [0.15, 0.2) is 0 Å². The summed E-state index contributed by atoms with van der Waals surface area (Å²) in [6, 6.07) is 6.68. The molecule has 0 saturated carbocycles. The van der Waals surface area contributed by atoms with E-state index in [0.717, 1.165) is 0 Å². The zero-order chi connectivity index (χ0) is 15.5. The summed E-state index contributed by atoms with van der Waals surface area (Å²) in [4.78, 5) is 31.4. The lowest BCUT2D eigenvalue weighted by atomic mass is 10.1. The number of rotatable bonds is 3. The van der Waals surface area contributed by atoms with Gasteiger partial charge in [0.1, 0.15) is 6.04 Å².